The summed E-state index contributed by atoms with van der Waals surface area (Å²) in [5.74, 6) is 1.86. The van der Waals surface area contributed by atoms with Crippen LogP contribution in [0.3, 0.4) is 0 Å². The van der Waals surface area contributed by atoms with Crippen LogP contribution in [-0.2, 0) is 0 Å². The molecule has 1 aromatic rings. The zero-order valence-corrected chi connectivity index (χ0v) is 13.5. The van der Waals surface area contributed by atoms with E-state index in [0.717, 1.165) is 22.7 Å². The molecule has 0 aromatic heterocycles. The number of benzene rings is 1. The summed E-state index contributed by atoms with van der Waals surface area (Å²) in [6, 6.07) is 6.77. The number of hydrogen-bond acceptors (Lipinski definition) is 2. The molecule has 1 aromatic carbocycles. The van der Waals surface area contributed by atoms with Gasteiger partial charge < -0.3 is 10.1 Å². The van der Waals surface area contributed by atoms with Crippen molar-refractivity contribution in [3.63, 3.8) is 0 Å². The first-order chi connectivity index (χ1) is 9.24. The molecular weight excluding hydrogens is 302 g/mol. The molecule has 0 aliphatic heterocycles. The number of rotatable bonds is 6. The van der Waals surface area contributed by atoms with Gasteiger partial charge in [-0.05, 0) is 31.0 Å². The lowest BCUT2D eigenvalue weighted by Gasteiger charge is -2.23. The van der Waals surface area contributed by atoms with E-state index in [1.54, 1.807) is 7.11 Å². The Hall–Kier alpha value is -0.540. The van der Waals surface area contributed by atoms with E-state index in [-0.39, 0.29) is 0 Å². The second-order valence-corrected chi connectivity index (χ2v) is 6.30. The number of nitrogens with one attached hydrogen (secondary N) is 1. The van der Waals surface area contributed by atoms with Crippen molar-refractivity contribution in [2.45, 2.75) is 45.1 Å². The fourth-order valence-corrected chi connectivity index (χ4v) is 3.46. The Morgan fingerprint density at radius 3 is 2.74 bits per heavy atom. The van der Waals surface area contributed by atoms with Crippen LogP contribution >= 0.6 is 15.9 Å². The molecule has 0 radical (unpaired) electrons. The van der Waals surface area contributed by atoms with Crippen molar-refractivity contribution < 1.29 is 4.74 Å². The van der Waals surface area contributed by atoms with E-state index in [1.807, 2.05) is 0 Å². The lowest BCUT2D eigenvalue weighted by molar-refractivity contribution is 0.370. The predicted octanol–water partition coefficient (Wildman–Crippen LogP) is 4.69. The Bertz CT molecular complexity index is 402. The van der Waals surface area contributed by atoms with Crippen LogP contribution in [0.15, 0.2) is 22.7 Å². The van der Waals surface area contributed by atoms with Gasteiger partial charge in [0.2, 0.25) is 0 Å². The molecule has 2 nitrogen and oxygen atoms in total. The van der Waals surface area contributed by atoms with Gasteiger partial charge in [-0.25, -0.2) is 0 Å². The molecule has 106 valence electrons. The Morgan fingerprint density at radius 2 is 2.11 bits per heavy atom. The van der Waals surface area contributed by atoms with Gasteiger partial charge in [0.05, 0.1) is 7.11 Å². The molecular formula is C16H24BrNO. The number of hydrogen-bond donors (Lipinski definition) is 1. The topological polar surface area (TPSA) is 21.3 Å². The highest BCUT2D eigenvalue weighted by atomic mass is 79.9. The summed E-state index contributed by atoms with van der Waals surface area (Å²) >= 11 is 3.51. The maximum Gasteiger partial charge on any atom is 0.124 e. The summed E-state index contributed by atoms with van der Waals surface area (Å²) in [7, 11) is 1.75. The van der Waals surface area contributed by atoms with Crippen molar-refractivity contribution in [3.05, 3.63) is 28.2 Å². The second kappa shape index (κ2) is 7.30. The van der Waals surface area contributed by atoms with Crippen LogP contribution in [0.1, 0.15) is 50.6 Å². The molecule has 1 N–H and O–H groups in total. The number of ether oxygens (including phenoxy) is 1. The molecule has 1 saturated carbocycles. The highest BCUT2D eigenvalue weighted by Gasteiger charge is 2.22. The molecule has 1 unspecified atom stereocenters. The quantitative estimate of drug-likeness (QED) is 0.819. The molecule has 0 bridgehead atoms. The van der Waals surface area contributed by atoms with Crippen molar-refractivity contribution in [2.75, 3.05) is 13.7 Å². The molecule has 1 atom stereocenters. The van der Waals surface area contributed by atoms with Gasteiger partial charge in [0, 0.05) is 16.1 Å². The van der Waals surface area contributed by atoms with Crippen LogP contribution in [0, 0.1) is 5.92 Å². The maximum absolute atomic E-state index is 5.55. The fraction of sp³-hybridized carbons (Fsp3) is 0.625. The third kappa shape index (κ3) is 3.96. The third-order valence-corrected chi connectivity index (χ3v) is 4.56. The highest BCUT2D eigenvalue weighted by molar-refractivity contribution is 9.10. The Kier molecular flexibility index (Phi) is 5.71. The van der Waals surface area contributed by atoms with Crippen molar-refractivity contribution in [1.29, 1.82) is 0 Å². The first-order valence-electron chi connectivity index (χ1n) is 7.31. The summed E-state index contributed by atoms with van der Waals surface area (Å²) in [6.07, 6.45) is 6.81. The van der Waals surface area contributed by atoms with Crippen LogP contribution in [0.2, 0.25) is 0 Å². The largest absolute Gasteiger partial charge is 0.496 e. The Balaban J connectivity index is 2.16. The van der Waals surface area contributed by atoms with Gasteiger partial charge in [-0.1, -0.05) is 54.6 Å². The molecule has 0 spiro atoms. The van der Waals surface area contributed by atoms with Gasteiger partial charge >= 0.3 is 0 Å². The smallest absolute Gasteiger partial charge is 0.124 e. The summed E-state index contributed by atoms with van der Waals surface area (Å²) < 4.78 is 6.62. The van der Waals surface area contributed by atoms with Crippen molar-refractivity contribution in [1.82, 2.24) is 5.32 Å². The maximum atomic E-state index is 5.55. The fourth-order valence-electron chi connectivity index (χ4n) is 3.12. The van der Waals surface area contributed by atoms with Crippen molar-refractivity contribution in [2.24, 2.45) is 5.92 Å². The van der Waals surface area contributed by atoms with Gasteiger partial charge in [-0.3, -0.25) is 0 Å². The lowest BCUT2D eigenvalue weighted by Crippen LogP contribution is -2.23. The summed E-state index contributed by atoms with van der Waals surface area (Å²) in [4.78, 5) is 0. The summed E-state index contributed by atoms with van der Waals surface area (Å²) in [6.45, 7) is 3.17. The van der Waals surface area contributed by atoms with Crippen molar-refractivity contribution >= 4 is 15.9 Å². The van der Waals surface area contributed by atoms with E-state index in [0.29, 0.717) is 6.04 Å². The SMILES string of the molecule is CCNC(CC1CCCC1)c1ccc(Br)cc1OC. The van der Waals surface area contributed by atoms with Gasteiger partial charge in [-0.2, -0.15) is 0 Å². The first-order valence-corrected chi connectivity index (χ1v) is 8.10. The Morgan fingerprint density at radius 1 is 1.37 bits per heavy atom. The molecule has 0 saturated heterocycles. The van der Waals surface area contributed by atoms with Gasteiger partial charge in [0.1, 0.15) is 5.75 Å². The van der Waals surface area contributed by atoms with E-state index >= 15 is 0 Å². The second-order valence-electron chi connectivity index (χ2n) is 5.38. The summed E-state index contributed by atoms with van der Waals surface area (Å²) in [5, 5.41) is 3.62. The average molecular weight is 326 g/mol. The van der Waals surface area contributed by atoms with Gasteiger partial charge in [0.25, 0.3) is 0 Å². The molecule has 0 amide bonds. The highest BCUT2D eigenvalue weighted by Crippen LogP contribution is 2.36. The monoisotopic (exact) mass is 325 g/mol. The summed E-state index contributed by atoms with van der Waals surface area (Å²) in [5.41, 5.74) is 1.29. The van der Waals surface area contributed by atoms with Gasteiger partial charge in [-0.15, -0.1) is 0 Å². The lowest BCUT2D eigenvalue weighted by atomic mass is 9.93. The molecule has 19 heavy (non-hydrogen) atoms. The third-order valence-electron chi connectivity index (χ3n) is 4.07. The van der Waals surface area contributed by atoms with E-state index in [1.165, 1.54) is 37.7 Å². The normalized spacial score (nSPS) is 17.6. The van der Waals surface area contributed by atoms with E-state index < -0.39 is 0 Å². The minimum absolute atomic E-state index is 0.413. The van der Waals surface area contributed by atoms with Crippen LogP contribution < -0.4 is 10.1 Å². The van der Waals surface area contributed by atoms with Crippen LogP contribution in [-0.4, -0.2) is 13.7 Å². The zero-order valence-electron chi connectivity index (χ0n) is 11.9. The van der Waals surface area contributed by atoms with Crippen molar-refractivity contribution in [3.8, 4) is 5.75 Å². The molecule has 1 aliphatic carbocycles. The molecule has 3 heteroatoms. The van der Waals surface area contributed by atoms with Crippen LogP contribution in [0.25, 0.3) is 0 Å². The minimum atomic E-state index is 0.413. The number of halogens is 1. The standard InChI is InChI=1S/C16H24BrNO/c1-3-18-15(10-12-6-4-5-7-12)14-9-8-13(17)11-16(14)19-2/h8-9,11-12,15,18H,3-7,10H2,1-2H3. The van der Waals surface area contributed by atoms with Crippen LogP contribution in [0.5, 0.6) is 5.75 Å². The first kappa shape index (κ1) is 14.9. The zero-order chi connectivity index (χ0) is 13.7. The van der Waals surface area contributed by atoms with Gasteiger partial charge in [0.15, 0.2) is 0 Å². The predicted molar refractivity (Wildman–Crippen MR) is 83.7 cm³/mol. The molecule has 0 heterocycles. The Labute approximate surface area is 125 Å². The molecule has 1 fully saturated rings. The molecule has 1 aliphatic rings. The number of methoxy groups -OCH3 is 1. The van der Waals surface area contributed by atoms with E-state index in [9.17, 15) is 0 Å². The average Bonchev–Trinajstić information content (AvgIpc) is 2.91. The minimum Gasteiger partial charge on any atom is -0.496 e. The van der Waals surface area contributed by atoms with Crippen LogP contribution in [0.4, 0.5) is 0 Å². The van der Waals surface area contributed by atoms with E-state index in [2.05, 4.69) is 46.4 Å². The molecule has 2 rings (SSSR count). The van der Waals surface area contributed by atoms with E-state index in [4.69, 9.17) is 4.74 Å².